The van der Waals surface area contributed by atoms with Crippen LogP contribution in [0.4, 0.5) is 0 Å². The molecule has 1 aliphatic rings. The Balaban J connectivity index is 2.01. The van der Waals surface area contributed by atoms with E-state index in [9.17, 15) is 0 Å². The molecule has 2 rings (SSSR count). The lowest BCUT2D eigenvalue weighted by atomic mass is 10.0. The molecule has 1 aliphatic heterocycles. The molecule has 1 fully saturated rings. The number of nitrogens with two attached hydrogens (primary N) is 1. The van der Waals surface area contributed by atoms with Gasteiger partial charge in [-0.05, 0) is 57.2 Å². The van der Waals surface area contributed by atoms with Gasteiger partial charge in [-0.1, -0.05) is 0 Å². The molecule has 2 nitrogen and oxygen atoms in total. The van der Waals surface area contributed by atoms with E-state index in [-0.39, 0.29) is 0 Å². The monoisotopic (exact) mass is 219 g/mol. The fourth-order valence-electron chi connectivity index (χ4n) is 2.68. The van der Waals surface area contributed by atoms with Crippen LogP contribution in [0.3, 0.4) is 0 Å². The first-order valence-electron chi connectivity index (χ1n) is 6.51. The van der Waals surface area contributed by atoms with Crippen molar-refractivity contribution in [2.24, 2.45) is 0 Å². The van der Waals surface area contributed by atoms with Gasteiger partial charge in [-0.3, -0.25) is 4.98 Å². The summed E-state index contributed by atoms with van der Waals surface area (Å²) in [7, 11) is 0. The van der Waals surface area contributed by atoms with Crippen LogP contribution >= 0.6 is 0 Å². The van der Waals surface area contributed by atoms with Gasteiger partial charge in [0.2, 0.25) is 0 Å². The maximum atomic E-state index is 4.64. The molecule has 0 aromatic carbocycles. The Hall–Kier alpha value is -0.890. The van der Waals surface area contributed by atoms with Gasteiger partial charge in [0.1, 0.15) is 0 Å². The zero-order valence-corrected chi connectivity index (χ0v) is 10.5. The van der Waals surface area contributed by atoms with Crippen LogP contribution in [0.15, 0.2) is 12.1 Å². The first-order chi connectivity index (χ1) is 7.74. The average Bonchev–Trinajstić information content (AvgIpc) is 2.44. The molecule has 16 heavy (non-hydrogen) atoms. The van der Waals surface area contributed by atoms with Crippen LogP contribution in [-0.2, 0) is 6.42 Å². The summed E-state index contributed by atoms with van der Waals surface area (Å²) in [6, 6.07) is 5.16. The second-order valence-electron chi connectivity index (χ2n) is 5.12. The van der Waals surface area contributed by atoms with Crippen molar-refractivity contribution in [3.05, 3.63) is 29.1 Å². The summed E-state index contributed by atoms with van der Waals surface area (Å²) in [6.45, 7) is 5.55. The molecule has 0 amide bonds. The van der Waals surface area contributed by atoms with Crippen LogP contribution in [0.2, 0.25) is 0 Å². The van der Waals surface area contributed by atoms with Gasteiger partial charge >= 0.3 is 0 Å². The molecule has 1 aromatic rings. The van der Waals surface area contributed by atoms with Gasteiger partial charge in [0, 0.05) is 17.8 Å². The van der Waals surface area contributed by atoms with Crippen LogP contribution in [0.25, 0.3) is 0 Å². The molecule has 2 heterocycles. The second kappa shape index (κ2) is 5.44. The zero-order chi connectivity index (χ0) is 11.4. The van der Waals surface area contributed by atoms with E-state index in [4.69, 9.17) is 0 Å². The first kappa shape index (κ1) is 11.6. The average molecular weight is 219 g/mol. The second-order valence-corrected chi connectivity index (χ2v) is 5.12. The quantitative estimate of drug-likeness (QED) is 0.807. The highest BCUT2D eigenvalue weighted by Crippen LogP contribution is 2.10. The van der Waals surface area contributed by atoms with E-state index in [1.54, 1.807) is 0 Å². The predicted octanol–water partition coefficient (Wildman–Crippen LogP) is 1.75. The Morgan fingerprint density at radius 1 is 1.25 bits per heavy atom. The number of nitrogens with zero attached hydrogens (tertiary/aromatic N) is 1. The van der Waals surface area contributed by atoms with E-state index in [0.29, 0.717) is 0 Å². The van der Waals surface area contributed by atoms with E-state index in [2.05, 4.69) is 36.3 Å². The lowest BCUT2D eigenvalue weighted by Crippen LogP contribution is -2.90. The summed E-state index contributed by atoms with van der Waals surface area (Å²) in [4.78, 5) is 4.64. The molecule has 0 bridgehead atoms. The molecular weight excluding hydrogens is 196 g/mol. The molecule has 2 heteroatoms. The lowest BCUT2D eigenvalue weighted by molar-refractivity contribution is -0.687. The van der Waals surface area contributed by atoms with Crippen LogP contribution in [0, 0.1) is 13.8 Å². The summed E-state index contributed by atoms with van der Waals surface area (Å²) < 4.78 is 0. The Labute approximate surface area is 98.5 Å². The number of rotatable bonds is 2. The molecule has 2 N–H and O–H groups in total. The Kier molecular flexibility index (Phi) is 3.94. The maximum absolute atomic E-state index is 4.64. The third-order valence-corrected chi connectivity index (χ3v) is 3.40. The third-order valence-electron chi connectivity index (χ3n) is 3.40. The van der Waals surface area contributed by atoms with Crippen molar-refractivity contribution >= 4 is 0 Å². The van der Waals surface area contributed by atoms with Gasteiger partial charge in [-0.25, -0.2) is 0 Å². The number of hydrogen-bond donors (Lipinski definition) is 1. The highest BCUT2D eigenvalue weighted by molar-refractivity contribution is 5.19. The highest BCUT2D eigenvalue weighted by atomic mass is 14.9. The number of pyridine rings is 1. The van der Waals surface area contributed by atoms with Crippen molar-refractivity contribution < 1.29 is 5.32 Å². The van der Waals surface area contributed by atoms with Gasteiger partial charge in [0.25, 0.3) is 0 Å². The van der Waals surface area contributed by atoms with Crippen LogP contribution in [0.1, 0.15) is 42.6 Å². The molecule has 1 aromatic heterocycles. The Morgan fingerprint density at radius 3 is 2.94 bits per heavy atom. The fourth-order valence-corrected chi connectivity index (χ4v) is 2.68. The van der Waals surface area contributed by atoms with Crippen molar-refractivity contribution in [1.82, 2.24) is 4.98 Å². The predicted molar refractivity (Wildman–Crippen MR) is 66.5 cm³/mol. The minimum absolute atomic E-state index is 0.760. The number of hydrogen-bond acceptors (Lipinski definition) is 1. The summed E-state index contributed by atoms with van der Waals surface area (Å²) in [5, 5.41) is 2.52. The first-order valence-corrected chi connectivity index (χ1v) is 6.51. The molecule has 0 radical (unpaired) electrons. The van der Waals surface area contributed by atoms with Gasteiger partial charge in [-0.2, -0.15) is 0 Å². The summed E-state index contributed by atoms with van der Waals surface area (Å²) in [6.07, 6.45) is 6.69. The smallest absolute Gasteiger partial charge is 0.0915 e. The minimum Gasteiger partial charge on any atom is -0.343 e. The van der Waals surface area contributed by atoms with Gasteiger partial charge in [-0.15, -0.1) is 0 Å². The minimum atomic E-state index is 0.760. The molecular formula is C14H23N2+. The molecule has 0 aliphatic carbocycles. The van der Waals surface area contributed by atoms with Gasteiger partial charge in [0.05, 0.1) is 12.6 Å². The van der Waals surface area contributed by atoms with Crippen molar-refractivity contribution in [2.75, 3.05) is 6.54 Å². The van der Waals surface area contributed by atoms with Crippen molar-refractivity contribution in [3.8, 4) is 0 Å². The highest BCUT2D eigenvalue weighted by Gasteiger charge is 2.16. The topological polar surface area (TPSA) is 29.5 Å². The number of aryl methyl sites for hydroxylation is 2. The Bertz CT molecular complexity index is 318. The van der Waals surface area contributed by atoms with Gasteiger partial charge in [0.15, 0.2) is 0 Å². The number of aromatic nitrogens is 1. The maximum Gasteiger partial charge on any atom is 0.0915 e. The molecule has 0 unspecified atom stereocenters. The molecule has 0 spiro atoms. The van der Waals surface area contributed by atoms with E-state index in [1.807, 2.05) is 0 Å². The molecule has 88 valence electrons. The van der Waals surface area contributed by atoms with Crippen molar-refractivity contribution in [2.45, 2.75) is 52.0 Å². The molecule has 0 saturated carbocycles. The largest absolute Gasteiger partial charge is 0.343 e. The van der Waals surface area contributed by atoms with Crippen molar-refractivity contribution in [1.29, 1.82) is 0 Å². The Morgan fingerprint density at radius 2 is 2.12 bits per heavy atom. The fraction of sp³-hybridized carbons (Fsp3) is 0.643. The summed E-state index contributed by atoms with van der Waals surface area (Å²) >= 11 is 0. The van der Waals surface area contributed by atoms with Crippen LogP contribution < -0.4 is 5.32 Å². The van der Waals surface area contributed by atoms with Crippen LogP contribution in [-0.4, -0.2) is 17.6 Å². The van der Waals surface area contributed by atoms with E-state index in [1.165, 1.54) is 43.5 Å². The zero-order valence-electron chi connectivity index (χ0n) is 10.5. The molecule has 1 atom stereocenters. The normalized spacial score (nSPS) is 21.8. The van der Waals surface area contributed by atoms with Crippen LogP contribution in [0.5, 0.6) is 0 Å². The lowest BCUT2D eigenvalue weighted by Gasteiger charge is -2.12. The third kappa shape index (κ3) is 3.31. The SMILES string of the molecule is Cc1cc(C)nc(C[C@H]2CCCCC[NH2+]2)c1. The van der Waals surface area contributed by atoms with E-state index >= 15 is 0 Å². The molecule has 1 saturated heterocycles. The van der Waals surface area contributed by atoms with E-state index < -0.39 is 0 Å². The summed E-state index contributed by atoms with van der Waals surface area (Å²) in [5.74, 6) is 0. The summed E-state index contributed by atoms with van der Waals surface area (Å²) in [5.41, 5.74) is 3.78. The van der Waals surface area contributed by atoms with Crippen molar-refractivity contribution in [3.63, 3.8) is 0 Å². The standard InChI is InChI=1S/C14H22N2/c1-11-8-12(2)16-14(9-11)10-13-6-4-3-5-7-15-13/h8-9,13,15H,3-7,10H2,1-2H3/p+1/t13-/m1/s1. The van der Waals surface area contributed by atoms with E-state index in [0.717, 1.165) is 18.2 Å². The van der Waals surface area contributed by atoms with Gasteiger partial charge < -0.3 is 5.32 Å². The number of quaternary nitrogens is 1.